The van der Waals surface area contributed by atoms with Gasteiger partial charge in [-0.05, 0) is 42.7 Å². The van der Waals surface area contributed by atoms with Crippen LogP contribution in [-0.2, 0) is 6.54 Å². The van der Waals surface area contributed by atoms with Gasteiger partial charge < -0.3 is 10.1 Å². The molecular weight excluding hydrogens is 265 g/mol. The molecule has 0 radical (unpaired) electrons. The third-order valence-electron chi connectivity index (χ3n) is 2.52. The highest BCUT2D eigenvalue weighted by molar-refractivity contribution is 6.25. The Kier molecular flexibility index (Phi) is 6.89. The van der Waals surface area contributed by atoms with E-state index in [9.17, 15) is 4.39 Å². The Labute approximate surface area is 119 Å². The molecule has 2 nitrogen and oxygen atoms in total. The quantitative estimate of drug-likeness (QED) is 0.815. The van der Waals surface area contributed by atoms with Gasteiger partial charge in [0.2, 0.25) is 0 Å². The lowest BCUT2D eigenvalue weighted by Gasteiger charge is -2.10. The summed E-state index contributed by atoms with van der Waals surface area (Å²) in [4.78, 5) is 0. The lowest BCUT2D eigenvalue weighted by atomic mass is 10.2. The molecule has 19 heavy (non-hydrogen) atoms. The van der Waals surface area contributed by atoms with Crippen molar-refractivity contribution in [3.8, 4) is 5.75 Å². The molecular formula is C15H21ClFNO. The summed E-state index contributed by atoms with van der Waals surface area (Å²) < 4.78 is 19.1. The van der Waals surface area contributed by atoms with Gasteiger partial charge in [-0.1, -0.05) is 31.5 Å². The van der Waals surface area contributed by atoms with Crippen LogP contribution < -0.4 is 10.1 Å². The Morgan fingerprint density at radius 2 is 2.21 bits per heavy atom. The van der Waals surface area contributed by atoms with Crippen LogP contribution in [0.25, 0.3) is 0 Å². The molecule has 0 bridgehead atoms. The molecule has 0 spiro atoms. The number of rotatable bonds is 7. The summed E-state index contributed by atoms with van der Waals surface area (Å²) in [6.07, 6.45) is 0. The first-order chi connectivity index (χ1) is 9.02. The van der Waals surface area contributed by atoms with Gasteiger partial charge in [-0.2, -0.15) is 0 Å². The molecule has 0 atom stereocenters. The van der Waals surface area contributed by atoms with Gasteiger partial charge in [-0.25, -0.2) is 4.39 Å². The van der Waals surface area contributed by atoms with Crippen molar-refractivity contribution in [1.82, 2.24) is 5.32 Å². The van der Waals surface area contributed by atoms with Crippen LogP contribution in [0.3, 0.4) is 0 Å². The van der Waals surface area contributed by atoms with E-state index in [0.29, 0.717) is 19.1 Å². The third-order valence-corrected chi connectivity index (χ3v) is 2.89. The zero-order chi connectivity index (χ0) is 14.3. The van der Waals surface area contributed by atoms with Gasteiger partial charge in [0.1, 0.15) is 6.61 Å². The van der Waals surface area contributed by atoms with Crippen LogP contribution >= 0.6 is 11.6 Å². The maximum atomic E-state index is 13.8. The first-order valence-electron chi connectivity index (χ1n) is 6.40. The first-order valence-corrected chi connectivity index (χ1v) is 6.84. The van der Waals surface area contributed by atoms with Crippen LogP contribution in [0.4, 0.5) is 4.39 Å². The van der Waals surface area contributed by atoms with E-state index in [4.69, 9.17) is 16.3 Å². The second-order valence-corrected chi connectivity index (χ2v) is 5.25. The van der Waals surface area contributed by atoms with E-state index in [1.165, 1.54) is 11.6 Å². The molecule has 0 aliphatic rings. The normalized spacial score (nSPS) is 12.0. The fourth-order valence-electron chi connectivity index (χ4n) is 1.50. The highest BCUT2D eigenvalue weighted by atomic mass is 35.5. The van der Waals surface area contributed by atoms with Crippen molar-refractivity contribution < 1.29 is 9.13 Å². The summed E-state index contributed by atoms with van der Waals surface area (Å²) in [6.45, 7) is 7.98. The van der Waals surface area contributed by atoms with Crippen LogP contribution in [0.2, 0.25) is 0 Å². The van der Waals surface area contributed by atoms with Gasteiger partial charge in [-0.3, -0.25) is 0 Å². The summed E-state index contributed by atoms with van der Waals surface area (Å²) in [5, 5.41) is 3.27. The minimum atomic E-state index is -0.341. The van der Waals surface area contributed by atoms with Crippen LogP contribution in [0.1, 0.15) is 26.3 Å². The average molecular weight is 286 g/mol. The molecule has 1 aromatic rings. The van der Waals surface area contributed by atoms with Gasteiger partial charge >= 0.3 is 0 Å². The van der Waals surface area contributed by atoms with Crippen LogP contribution in [0.5, 0.6) is 5.75 Å². The second-order valence-electron chi connectivity index (χ2n) is 5.03. The SMILES string of the molecule is C/C(=C\Cl)COc1ccc(CNCC(C)C)cc1F. The van der Waals surface area contributed by atoms with Crippen LogP contribution in [0.15, 0.2) is 29.3 Å². The molecule has 0 fully saturated rings. The van der Waals surface area contributed by atoms with E-state index in [1.54, 1.807) is 6.07 Å². The Hall–Kier alpha value is -1.06. The number of ether oxygens (including phenoxy) is 1. The summed E-state index contributed by atoms with van der Waals surface area (Å²) in [5.41, 5.74) is 3.20. The topological polar surface area (TPSA) is 21.3 Å². The molecule has 1 aromatic carbocycles. The van der Waals surface area contributed by atoms with Crippen molar-refractivity contribution in [2.24, 2.45) is 5.92 Å². The Balaban J connectivity index is 2.54. The van der Waals surface area contributed by atoms with E-state index in [0.717, 1.165) is 17.7 Å². The number of nitrogens with one attached hydrogen (secondary N) is 1. The zero-order valence-corrected chi connectivity index (χ0v) is 12.4. The molecule has 1 N–H and O–H groups in total. The predicted molar refractivity (Wildman–Crippen MR) is 78.0 cm³/mol. The van der Waals surface area contributed by atoms with Crippen molar-refractivity contribution in [3.05, 3.63) is 40.7 Å². The Morgan fingerprint density at radius 3 is 2.79 bits per heavy atom. The largest absolute Gasteiger partial charge is 0.486 e. The molecule has 106 valence electrons. The smallest absolute Gasteiger partial charge is 0.165 e. The van der Waals surface area contributed by atoms with E-state index < -0.39 is 0 Å². The molecule has 0 aliphatic heterocycles. The van der Waals surface area contributed by atoms with Gasteiger partial charge in [-0.15, -0.1) is 0 Å². The van der Waals surface area contributed by atoms with Crippen molar-refractivity contribution in [2.45, 2.75) is 27.3 Å². The van der Waals surface area contributed by atoms with Crippen molar-refractivity contribution in [2.75, 3.05) is 13.2 Å². The highest BCUT2D eigenvalue weighted by Gasteiger charge is 2.05. The lowest BCUT2D eigenvalue weighted by molar-refractivity contribution is 0.332. The van der Waals surface area contributed by atoms with Crippen LogP contribution in [-0.4, -0.2) is 13.2 Å². The summed E-state index contributed by atoms with van der Waals surface area (Å²) in [7, 11) is 0. The zero-order valence-electron chi connectivity index (χ0n) is 11.7. The predicted octanol–water partition coefficient (Wildman–Crippen LogP) is 4.09. The summed E-state index contributed by atoms with van der Waals surface area (Å²) >= 11 is 5.52. The molecule has 1 rings (SSSR count). The van der Waals surface area contributed by atoms with Gasteiger partial charge in [0.25, 0.3) is 0 Å². The fourth-order valence-corrected chi connectivity index (χ4v) is 1.56. The van der Waals surface area contributed by atoms with Gasteiger partial charge in [0.05, 0.1) is 0 Å². The highest BCUT2D eigenvalue weighted by Crippen LogP contribution is 2.19. The van der Waals surface area contributed by atoms with Gasteiger partial charge in [0.15, 0.2) is 11.6 Å². The molecule has 0 saturated heterocycles. The molecule has 0 saturated carbocycles. The average Bonchev–Trinajstić information content (AvgIpc) is 2.37. The van der Waals surface area contributed by atoms with Crippen LogP contribution in [0, 0.1) is 11.7 Å². The molecule has 0 heterocycles. The monoisotopic (exact) mass is 285 g/mol. The molecule has 0 aliphatic carbocycles. The Morgan fingerprint density at radius 1 is 1.47 bits per heavy atom. The van der Waals surface area contributed by atoms with Crippen molar-refractivity contribution in [1.29, 1.82) is 0 Å². The van der Waals surface area contributed by atoms with Crippen molar-refractivity contribution in [3.63, 3.8) is 0 Å². The maximum Gasteiger partial charge on any atom is 0.165 e. The van der Waals surface area contributed by atoms with E-state index >= 15 is 0 Å². The Bertz CT molecular complexity index is 432. The van der Waals surface area contributed by atoms with E-state index in [1.807, 2.05) is 13.0 Å². The third kappa shape index (κ3) is 6.08. The standard InChI is InChI=1S/C15H21ClFNO/c1-11(2)8-18-9-13-4-5-15(14(17)6-13)19-10-12(3)7-16/h4-7,11,18H,8-10H2,1-3H3/b12-7+. The number of hydrogen-bond acceptors (Lipinski definition) is 2. The second kappa shape index (κ2) is 8.18. The minimum absolute atomic E-state index is 0.255. The molecule has 0 unspecified atom stereocenters. The van der Waals surface area contributed by atoms with E-state index in [2.05, 4.69) is 19.2 Å². The van der Waals surface area contributed by atoms with Gasteiger partial charge in [0, 0.05) is 12.1 Å². The summed E-state index contributed by atoms with van der Waals surface area (Å²) in [6, 6.07) is 5.02. The van der Waals surface area contributed by atoms with E-state index in [-0.39, 0.29) is 11.6 Å². The lowest BCUT2D eigenvalue weighted by Crippen LogP contribution is -2.19. The summed E-state index contributed by atoms with van der Waals surface area (Å²) in [5.74, 6) is 0.495. The number of halogens is 2. The molecule has 0 aromatic heterocycles. The first kappa shape index (κ1) is 16.0. The van der Waals surface area contributed by atoms with Crippen molar-refractivity contribution >= 4 is 11.6 Å². The number of benzene rings is 1. The maximum absolute atomic E-state index is 13.8. The molecule has 4 heteroatoms. The minimum Gasteiger partial charge on any atom is -0.486 e. The number of hydrogen-bond donors (Lipinski definition) is 1. The fraction of sp³-hybridized carbons (Fsp3) is 0.467. The molecule has 0 amide bonds.